The Morgan fingerprint density at radius 2 is 1.57 bits per heavy atom. The predicted octanol–water partition coefficient (Wildman–Crippen LogP) is 2.66. The van der Waals surface area contributed by atoms with E-state index >= 15 is 0 Å². The molecule has 1 heterocycles. The fourth-order valence-electron chi connectivity index (χ4n) is 2.22. The summed E-state index contributed by atoms with van der Waals surface area (Å²) in [6.07, 6.45) is 0. The highest BCUT2D eigenvalue weighted by Crippen LogP contribution is 2.18. The zero-order valence-electron chi connectivity index (χ0n) is 11.3. The van der Waals surface area contributed by atoms with Gasteiger partial charge in [0.2, 0.25) is 5.88 Å². The van der Waals surface area contributed by atoms with Crippen molar-refractivity contribution in [3.05, 3.63) is 82.6 Å². The Morgan fingerprint density at radius 1 is 0.952 bits per heavy atom. The summed E-state index contributed by atoms with van der Waals surface area (Å²) in [6.45, 7) is 0.414. The molecule has 4 nitrogen and oxygen atoms in total. The van der Waals surface area contributed by atoms with Gasteiger partial charge in [0.1, 0.15) is 5.82 Å². The normalized spacial score (nSPS) is 10.5. The van der Waals surface area contributed by atoms with Gasteiger partial charge in [0.15, 0.2) is 0 Å². The Labute approximate surface area is 122 Å². The van der Waals surface area contributed by atoms with Crippen molar-refractivity contribution in [2.24, 2.45) is 0 Å². The van der Waals surface area contributed by atoms with Crippen molar-refractivity contribution in [1.29, 1.82) is 0 Å². The van der Waals surface area contributed by atoms with E-state index in [1.54, 1.807) is 4.57 Å². The molecule has 0 aliphatic rings. The molecule has 2 aromatic carbocycles. The van der Waals surface area contributed by atoms with Crippen LogP contribution in [-0.2, 0) is 6.54 Å². The van der Waals surface area contributed by atoms with Gasteiger partial charge in [-0.25, -0.2) is 0 Å². The van der Waals surface area contributed by atoms with Crippen LogP contribution < -0.4 is 5.56 Å². The SMILES string of the molecule is O=c1cc(O)nc(-c2ccccc2)n1Cc1ccccc1. The summed E-state index contributed by atoms with van der Waals surface area (Å²) in [5.41, 5.74) is 1.52. The lowest BCUT2D eigenvalue weighted by atomic mass is 10.2. The Morgan fingerprint density at radius 3 is 2.24 bits per heavy atom. The molecule has 0 bridgehead atoms. The van der Waals surface area contributed by atoms with Gasteiger partial charge in [-0.05, 0) is 5.56 Å². The van der Waals surface area contributed by atoms with E-state index in [-0.39, 0.29) is 11.4 Å². The van der Waals surface area contributed by atoms with Crippen molar-refractivity contribution in [3.63, 3.8) is 0 Å². The summed E-state index contributed by atoms with van der Waals surface area (Å²) >= 11 is 0. The summed E-state index contributed by atoms with van der Waals surface area (Å²) in [5.74, 6) is 0.201. The highest BCUT2D eigenvalue weighted by molar-refractivity contribution is 5.55. The number of aromatic nitrogens is 2. The quantitative estimate of drug-likeness (QED) is 0.801. The molecule has 0 saturated heterocycles. The second kappa shape index (κ2) is 5.63. The van der Waals surface area contributed by atoms with E-state index in [1.165, 1.54) is 0 Å². The van der Waals surface area contributed by atoms with Crippen molar-refractivity contribution in [3.8, 4) is 17.3 Å². The van der Waals surface area contributed by atoms with Crippen molar-refractivity contribution in [1.82, 2.24) is 9.55 Å². The molecule has 0 amide bonds. The number of nitrogens with zero attached hydrogens (tertiary/aromatic N) is 2. The summed E-state index contributed by atoms with van der Waals surface area (Å²) < 4.78 is 1.56. The average Bonchev–Trinajstić information content (AvgIpc) is 2.51. The molecule has 1 aromatic heterocycles. The maximum Gasteiger partial charge on any atom is 0.257 e. The zero-order chi connectivity index (χ0) is 14.7. The van der Waals surface area contributed by atoms with Crippen molar-refractivity contribution < 1.29 is 5.11 Å². The lowest BCUT2D eigenvalue weighted by Crippen LogP contribution is -2.22. The first kappa shape index (κ1) is 13.1. The molecule has 3 rings (SSSR count). The van der Waals surface area contributed by atoms with E-state index in [4.69, 9.17) is 0 Å². The van der Waals surface area contributed by atoms with E-state index in [2.05, 4.69) is 4.98 Å². The lowest BCUT2D eigenvalue weighted by Gasteiger charge is -2.12. The van der Waals surface area contributed by atoms with Crippen LogP contribution in [0.4, 0.5) is 0 Å². The minimum absolute atomic E-state index is 0.261. The highest BCUT2D eigenvalue weighted by atomic mass is 16.3. The van der Waals surface area contributed by atoms with Crippen molar-refractivity contribution >= 4 is 0 Å². The molecular formula is C17H14N2O2. The molecule has 1 N–H and O–H groups in total. The molecule has 21 heavy (non-hydrogen) atoms. The first-order valence-electron chi connectivity index (χ1n) is 6.64. The van der Waals surface area contributed by atoms with Crippen LogP contribution in [0.5, 0.6) is 5.88 Å². The molecule has 0 aliphatic heterocycles. The molecule has 0 unspecified atom stereocenters. The van der Waals surface area contributed by atoms with Crippen LogP contribution >= 0.6 is 0 Å². The largest absolute Gasteiger partial charge is 0.493 e. The van der Waals surface area contributed by atoms with Gasteiger partial charge in [0, 0.05) is 5.56 Å². The zero-order valence-corrected chi connectivity index (χ0v) is 11.3. The van der Waals surface area contributed by atoms with Crippen LogP contribution in [0.2, 0.25) is 0 Å². The van der Waals surface area contributed by atoms with Gasteiger partial charge in [-0.3, -0.25) is 9.36 Å². The molecule has 4 heteroatoms. The minimum atomic E-state index is -0.273. The summed E-state index contributed by atoms with van der Waals surface area (Å²) in [4.78, 5) is 16.3. The van der Waals surface area contributed by atoms with Gasteiger partial charge in [0.05, 0.1) is 12.6 Å². The highest BCUT2D eigenvalue weighted by Gasteiger charge is 2.10. The van der Waals surface area contributed by atoms with Crippen LogP contribution in [0.25, 0.3) is 11.4 Å². The third-order valence-electron chi connectivity index (χ3n) is 3.21. The van der Waals surface area contributed by atoms with Crippen LogP contribution in [0.15, 0.2) is 71.5 Å². The van der Waals surface area contributed by atoms with Gasteiger partial charge in [-0.1, -0.05) is 60.7 Å². The third kappa shape index (κ3) is 2.84. The van der Waals surface area contributed by atoms with Crippen LogP contribution in [0, 0.1) is 0 Å². The van der Waals surface area contributed by atoms with Crippen LogP contribution in [0.3, 0.4) is 0 Å². The predicted molar refractivity (Wildman–Crippen MR) is 81.1 cm³/mol. The fourth-order valence-corrected chi connectivity index (χ4v) is 2.22. The first-order chi connectivity index (χ1) is 10.2. The Bertz CT molecular complexity index is 796. The summed E-state index contributed by atoms with van der Waals surface area (Å²) in [6, 6.07) is 20.2. The average molecular weight is 278 g/mol. The Hall–Kier alpha value is -2.88. The molecule has 0 atom stereocenters. The molecule has 0 aliphatic carbocycles. The minimum Gasteiger partial charge on any atom is -0.493 e. The molecule has 0 fully saturated rings. The van der Waals surface area contributed by atoms with Crippen molar-refractivity contribution in [2.45, 2.75) is 6.54 Å². The monoisotopic (exact) mass is 278 g/mol. The van der Waals surface area contributed by atoms with Gasteiger partial charge < -0.3 is 5.11 Å². The summed E-state index contributed by atoms with van der Waals surface area (Å²) in [7, 11) is 0. The first-order valence-corrected chi connectivity index (χ1v) is 6.64. The molecule has 104 valence electrons. The second-order valence-electron chi connectivity index (χ2n) is 4.71. The van der Waals surface area contributed by atoms with E-state index < -0.39 is 0 Å². The third-order valence-corrected chi connectivity index (χ3v) is 3.21. The van der Waals surface area contributed by atoms with Crippen LogP contribution in [-0.4, -0.2) is 14.7 Å². The number of rotatable bonds is 3. The second-order valence-corrected chi connectivity index (χ2v) is 4.71. The number of aromatic hydroxyl groups is 1. The molecule has 0 spiro atoms. The lowest BCUT2D eigenvalue weighted by molar-refractivity contribution is 0.448. The molecular weight excluding hydrogens is 264 g/mol. The fraction of sp³-hybridized carbons (Fsp3) is 0.0588. The van der Waals surface area contributed by atoms with Crippen molar-refractivity contribution in [2.75, 3.05) is 0 Å². The van der Waals surface area contributed by atoms with Crippen LogP contribution in [0.1, 0.15) is 5.56 Å². The smallest absolute Gasteiger partial charge is 0.257 e. The molecule has 3 aromatic rings. The molecule has 0 radical (unpaired) electrons. The number of hydrogen-bond acceptors (Lipinski definition) is 3. The number of benzene rings is 2. The standard InChI is InChI=1S/C17H14N2O2/c20-15-11-16(21)19(12-13-7-3-1-4-8-13)17(18-15)14-9-5-2-6-10-14/h1-11,20H,12H2. The van der Waals surface area contributed by atoms with Gasteiger partial charge in [-0.15, -0.1) is 0 Å². The Balaban J connectivity index is 2.13. The van der Waals surface area contributed by atoms with E-state index in [0.717, 1.165) is 17.2 Å². The van der Waals surface area contributed by atoms with Gasteiger partial charge in [0.25, 0.3) is 5.56 Å². The maximum absolute atomic E-state index is 12.2. The topological polar surface area (TPSA) is 55.1 Å². The van der Waals surface area contributed by atoms with Gasteiger partial charge >= 0.3 is 0 Å². The number of hydrogen-bond donors (Lipinski definition) is 1. The van der Waals surface area contributed by atoms with E-state index in [0.29, 0.717) is 12.4 Å². The maximum atomic E-state index is 12.2. The summed E-state index contributed by atoms with van der Waals surface area (Å²) in [5, 5.41) is 9.62. The van der Waals surface area contributed by atoms with E-state index in [1.807, 2.05) is 60.7 Å². The van der Waals surface area contributed by atoms with E-state index in [9.17, 15) is 9.90 Å². The molecule has 0 saturated carbocycles. The van der Waals surface area contributed by atoms with Gasteiger partial charge in [-0.2, -0.15) is 4.98 Å². The Kier molecular flexibility index (Phi) is 3.51.